The van der Waals surface area contributed by atoms with E-state index in [0.717, 1.165) is 57.8 Å². The maximum absolute atomic E-state index is 13.5. The van der Waals surface area contributed by atoms with E-state index in [9.17, 15) is 4.79 Å². The summed E-state index contributed by atoms with van der Waals surface area (Å²) in [4.78, 5) is 19.0. The van der Waals surface area contributed by atoms with E-state index >= 15 is 0 Å². The van der Waals surface area contributed by atoms with Gasteiger partial charge in [-0.1, -0.05) is 11.3 Å². The van der Waals surface area contributed by atoms with Crippen LogP contribution in [0.25, 0.3) is 10.2 Å². The van der Waals surface area contributed by atoms with E-state index in [0.29, 0.717) is 13.2 Å². The summed E-state index contributed by atoms with van der Waals surface area (Å²) in [5.74, 6) is 3.19. The van der Waals surface area contributed by atoms with Gasteiger partial charge in [0.2, 0.25) is 0 Å². The first-order valence-electron chi connectivity index (χ1n) is 10.4. The van der Waals surface area contributed by atoms with E-state index in [1.807, 2.05) is 12.1 Å². The van der Waals surface area contributed by atoms with Gasteiger partial charge in [-0.25, -0.2) is 0 Å². The van der Waals surface area contributed by atoms with Gasteiger partial charge in [-0.15, -0.1) is 0 Å². The van der Waals surface area contributed by atoms with Gasteiger partial charge in [0.1, 0.15) is 5.75 Å². The van der Waals surface area contributed by atoms with Gasteiger partial charge >= 0.3 is 0 Å². The van der Waals surface area contributed by atoms with Crippen molar-refractivity contribution in [2.45, 2.75) is 45.1 Å². The number of nitrogens with zero attached hydrogens (tertiary/aromatic N) is 2. The van der Waals surface area contributed by atoms with Crippen LogP contribution in [0.2, 0.25) is 0 Å². The fourth-order valence-electron chi connectivity index (χ4n) is 6.24. The Morgan fingerprint density at radius 2 is 1.86 bits per heavy atom. The number of benzene rings is 1. The van der Waals surface area contributed by atoms with Crippen molar-refractivity contribution in [1.29, 1.82) is 0 Å². The number of hydrogen-bond donors (Lipinski definition) is 0. The molecule has 150 valence electrons. The van der Waals surface area contributed by atoms with Crippen molar-refractivity contribution >= 4 is 27.5 Å². The van der Waals surface area contributed by atoms with E-state index in [1.165, 1.54) is 19.3 Å². The molecule has 0 saturated heterocycles. The smallest absolute Gasteiger partial charge is 0.254 e. The Hall–Kier alpha value is -1.66. The Labute approximate surface area is 169 Å². The second-order valence-corrected chi connectivity index (χ2v) is 9.99. The molecule has 0 radical (unpaired) electrons. The number of methoxy groups -OCH3 is 2. The Morgan fingerprint density at radius 1 is 1.18 bits per heavy atom. The SMILES string of the molecule is COCCn1c(=NC(=O)C23CC4CC(CC(C4)C2)C3)sc2cc(OC)ccc21. The highest BCUT2D eigenvalue weighted by Crippen LogP contribution is 2.60. The molecule has 4 aliphatic carbocycles. The summed E-state index contributed by atoms with van der Waals surface area (Å²) in [5.41, 5.74) is 0.890. The van der Waals surface area contributed by atoms with Crippen molar-refractivity contribution in [3.8, 4) is 5.75 Å². The van der Waals surface area contributed by atoms with E-state index in [1.54, 1.807) is 25.6 Å². The number of rotatable bonds is 5. The monoisotopic (exact) mass is 400 g/mol. The van der Waals surface area contributed by atoms with Gasteiger partial charge in [-0.2, -0.15) is 4.99 Å². The lowest BCUT2D eigenvalue weighted by atomic mass is 9.49. The first-order chi connectivity index (χ1) is 13.6. The summed E-state index contributed by atoms with van der Waals surface area (Å²) in [5, 5.41) is 0. The predicted molar refractivity (Wildman–Crippen MR) is 109 cm³/mol. The van der Waals surface area contributed by atoms with E-state index in [2.05, 4.69) is 10.6 Å². The molecule has 6 rings (SSSR count). The molecule has 28 heavy (non-hydrogen) atoms. The lowest BCUT2D eigenvalue weighted by Gasteiger charge is -2.55. The van der Waals surface area contributed by atoms with Gasteiger partial charge in [0.25, 0.3) is 5.91 Å². The fraction of sp³-hybridized carbons (Fsp3) is 0.636. The highest BCUT2D eigenvalue weighted by Gasteiger charge is 2.54. The lowest BCUT2D eigenvalue weighted by Crippen LogP contribution is -2.50. The summed E-state index contributed by atoms with van der Waals surface area (Å²) in [6.45, 7) is 1.28. The average molecular weight is 401 g/mol. The number of hydrogen-bond acceptors (Lipinski definition) is 4. The third-order valence-electron chi connectivity index (χ3n) is 7.10. The first kappa shape index (κ1) is 18.4. The fourth-order valence-corrected chi connectivity index (χ4v) is 7.33. The number of ether oxygens (including phenoxy) is 2. The van der Waals surface area contributed by atoms with Crippen LogP contribution in [0.3, 0.4) is 0 Å². The molecule has 1 aromatic heterocycles. The van der Waals surface area contributed by atoms with Crippen LogP contribution in [0, 0.1) is 23.2 Å². The molecule has 1 aromatic carbocycles. The minimum atomic E-state index is -0.193. The summed E-state index contributed by atoms with van der Waals surface area (Å²) in [6, 6.07) is 6.04. The van der Waals surface area contributed by atoms with Crippen LogP contribution < -0.4 is 9.54 Å². The highest BCUT2D eigenvalue weighted by atomic mass is 32.1. The van der Waals surface area contributed by atoms with Crippen LogP contribution >= 0.6 is 11.3 Å². The van der Waals surface area contributed by atoms with Crippen molar-refractivity contribution in [3.63, 3.8) is 0 Å². The van der Waals surface area contributed by atoms with Crippen molar-refractivity contribution in [1.82, 2.24) is 4.57 Å². The normalized spacial score (nSPS) is 31.6. The summed E-state index contributed by atoms with van der Waals surface area (Å²) in [7, 11) is 3.38. The topological polar surface area (TPSA) is 52.8 Å². The van der Waals surface area contributed by atoms with E-state index in [-0.39, 0.29) is 11.3 Å². The molecule has 1 amide bonds. The molecule has 1 heterocycles. The Balaban J connectivity index is 1.55. The van der Waals surface area contributed by atoms with Crippen LogP contribution in [-0.4, -0.2) is 31.3 Å². The van der Waals surface area contributed by atoms with Crippen LogP contribution in [-0.2, 0) is 16.1 Å². The Morgan fingerprint density at radius 3 is 2.46 bits per heavy atom. The largest absolute Gasteiger partial charge is 0.497 e. The molecule has 4 bridgehead atoms. The molecule has 0 atom stereocenters. The zero-order chi connectivity index (χ0) is 19.3. The Bertz CT molecular complexity index is 939. The number of fused-ring (bicyclic) bond motifs is 1. The summed E-state index contributed by atoms with van der Waals surface area (Å²) in [6.07, 6.45) is 7.17. The molecular weight excluding hydrogens is 372 g/mol. The molecule has 6 heteroatoms. The second kappa shape index (κ2) is 6.99. The molecule has 0 aliphatic heterocycles. The lowest BCUT2D eigenvalue weighted by molar-refractivity contribution is -0.142. The maximum atomic E-state index is 13.5. The number of carbonyl (C=O) groups excluding carboxylic acids is 1. The number of amides is 1. The quantitative estimate of drug-likeness (QED) is 0.762. The molecule has 4 fully saturated rings. The third-order valence-corrected chi connectivity index (χ3v) is 8.14. The first-order valence-corrected chi connectivity index (χ1v) is 11.2. The Kier molecular flexibility index (Phi) is 4.59. The molecule has 0 spiro atoms. The zero-order valence-electron chi connectivity index (χ0n) is 16.6. The molecule has 5 nitrogen and oxygen atoms in total. The highest BCUT2D eigenvalue weighted by molar-refractivity contribution is 7.16. The molecule has 0 N–H and O–H groups in total. The minimum Gasteiger partial charge on any atom is -0.497 e. The van der Waals surface area contributed by atoms with Gasteiger partial charge in [-0.05, 0) is 74.5 Å². The van der Waals surface area contributed by atoms with Gasteiger partial charge in [-0.3, -0.25) is 4.79 Å². The average Bonchev–Trinajstić information content (AvgIpc) is 3.01. The van der Waals surface area contributed by atoms with Crippen LogP contribution in [0.1, 0.15) is 38.5 Å². The molecule has 2 aromatic rings. The number of carbonyl (C=O) groups is 1. The maximum Gasteiger partial charge on any atom is 0.254 e. The van der Waals surface area contributed by atoms with Crippen molar-refractivity contribution in [2.24, 2.45) is 28.2 Å². The van der Waals surface area contributed by atoms with Gasteiger partial charge in [0, 0.05) is 13.7 Å². The van der Waals surface area contributed by atoms with Crippen LogP contribution in [0.4, 0.5) is 0 Å². The van der Waals surface area contributed by atoms with Gasteiger partial charge in [0.15, 0.2) is 4.80 Å². The number of thiazole rings is 1. The minimum absolute atomic E-state index is 0.122. The predicted octanol–water partition coefficient (Wildman–Crippen LogP) is 4.00. The zero-order valence-corrected chi connectivity index (χ0v) is 17.5. The van der Waals surface area contributed by atoms with Crippen molar-refractivity contribution in [2.75, 3.05) is 20.8 Å². The van der Waals surface area contributed by atoms with Crippen LogP contribution in [0.15, 0.2) is 23.2 Å². The standard InChI is InChI=1S/C22H28N2O3S/c1-26-6-5-24-18-4-3-17(27-2)10-19(18)28-21(24)23-20(25)22-11-14-7-15(12-22)9-16(8-14)13-22/h3-4,10,14-16H,5-9,11-13H2,1-2H3. The van der Waals surface area contributed by atoms with Gasteiger partial charge in [0.05, 0.1) is 29.3 Å². The van der Waals surface area contributed by atoms with Crippen molar-refractivity contribution < 1.29 is 14.3 Å². The van der Waals surface area contributed by atoms with E-state index < -0.39 is 0 Å². The van der Waals surface area contributed by atoms with Crippen molar-refractivity contribution in [3.05, 3.63) is 23.0 Å². The summed E-state index contributed by atoms with van der Waals surface area (Å²) < 4.78 is 13.9. The molecular formula is C22H28N2O3S. The van der Waals surface area contributed by atoms with E-state index in [4.69, 9.17) is 14.5 Å². The molecule has 0 unspecified atom stereocenters. The second-order valence-electron chi connectivity index (χ2n) is 8.98. The molecule has 4 aliphatic rings. The third kappa shape index (κ3) is 3.01. The number of aromatic nitrogens is 1. The van der Waals surface area contributed by atoms with Gasteiger partial charge < -0.3 is 14.0 Å². The molecule has 4 saturated carbocycles. The summed E-state index contributed by atoms with van der Waals surface area (Å²) >= 11 is 1.58. The van der Waals surface area contributed by atoms with Crippen LogP contribution in [0.5, 0.6) is 5.75 Å².